The second-order valence-corrected chi connectivity index (χ2v) is 7.60. The van der Waals surface area contributed by atoms with Crippen LogP contribution >= 0.6 is 0 Å². The van der Waals surface area contributed by atoms with Gasteiger partial charge in [-0.1, -0.05) is 55.5 Å². The standard InChI is InChI=1S/C25H22N2O2/c1-16-12-19(14-18-8-4-3-5-9-18)24-21(13-16)23(25(28)29-17(2)15-26)20-10-6-7-11-22(20)27-24/h3-11,14,16-17H,12-13H2,1-2H3/b19-14-/t16-,17-/m0/s1. The Hall–Kier alpha value is -3.45. The molecule has 2 atom stereocenters. The van der Waals surface area contributed by atoms with Gasteiger partial charge >= 0.3 is 5.97 Å². The zero-order valence-corrected chi connectivity index (χ0v) is 16.6. The zero-order valence-electron chi connectivity index (χ0n) is 16.6. The quantitative estimate of drug-likeness (QED) is 0.567. The molecule has 0 amide bonds. The fourth-order valence-electron chi connectivity index (χ4n) is 3.97. The monoisotopic (exact) mass is 382 g/mol. The number of carbonyl (C=O) groups is 1. The van der Waals surface area contributed by atoms with Crippen molar-refractivity contribution in [3.05, 3.63) is 77.0 Å². The van der Waals surface area contributed by atoms with Crippen molar-refractivity contribution in [1.82, 2.24) is 4.98 Å². The van der Waals surface area contributed by atoms with Crippen LogP contribution in [0.25, 0.3) is 22.6 Å². The second-order valence-electron chi connectivity index (χ2n) is 7.60. The van der Waals surface area contributed by atoms with E-state index in [1.807, 2.05) is 48.5 Å². The molecule has 0 bridgehead atoms. The molecule has 0 spiro atoms. The molecule has 2 aromatic carbocycles. The Morgan fingerprint density at radius 3 is 2.66 bits per heavy atom. The van der Waals surface area contributed by atoms with Gasteiger partial charge < -0.3 is 4.74 Å². The normalized spacial score (nSPS) is 18.1. The molecule has 144 valence electrons. The third-order valence-electron chi connectivity index (χ3n) is 5.23. The van der Waals surface area contributed by atoms with Gasteiger partial charge in [0.2, 0.25) is 0 Å². The molecule has 1 aliphatic rings. The predicted molar refractivity (Wildman–Crippen MR) is 114 cm³/mol. The molecule has 1 aromatic heterocycles. The highest BCUT2D eigenvalue weighted by atomic mass is 16.5. The lowest BCUT2D eigenvalue weighted by atomic mass is 9.80. The lowest BCUT2D eigenvalue weighted by Crippen LogP contribution is -2.21. The van der Waals surface area contributed by atoms with Crippen molar-refractivity contribution < 1.29 is 9.53 Å². The molecule has 0 fully saturated rings. The van der Waals surface area contributed by atoms with Gasteiger partial charge in [0.15, 0.2) is 6.10 Å². The van der Waals surface area contributed by atoms with Gasteiger partial charge in [0.1, 0.15) is 6.07 Å². The summed E-state index contributed by atoms with van der Waals surface area (Å²) in [7, 11) is 0. The molecule has 4 nitrogen and oxygen atoms in total. The Morgan fingerprint density at radius 2 is 1.90 bits per heavy atom. The predicted octanol–water partition coefficient (Wildman–Crippen LogP) is 5.43. The topological polar surface area (TPSA) is 63.0 Å². The smallest absolute Gasteiger partial charge is 0.340 e. The Balaban J connectivity index is 1.94. The van der Waals surface area contributed by atoms with E-state index in [2.05, 4.69) is 25.1 Å². The second kappa shape index (κ2) is 7.89. The lowest BCUT2D eigenvalue weighted by molar-refractivity contribution is 0.0436. The van der Waals surface area contributed by atoms with Crippen LogP contribution in [-0.2, 0) is 11.2 Å². The number of pyridine rings is 1. The summed E-state index contributed by atoms with van der Waals surface area (Å²) in [5.74, 6) is -0.0811. The van der Waals surface area contributed by atoms with Crippen LogP contribution in [0.15, 0.2) is 54.6 Å². The molecule has 1 heterocycles. The lowest BCUT2D eigenvalue weighted by Gasteiger charge is -2.26. The number of benzene rings is 2. The summed E-state index contributed by atoms with van der Waals surface area (Å²) in [4.78, 5) is 18.0. The third-order valence-corrected chi connectivity index (χ3v) is 5.23. The average Bonchev–Trinajstić information content (AvgIpc) is 2.72. The highest BCUT2D eigenvalue weighted by Gasteiger charge is 2.29. The largest absolute Gasteiger partial charge is 0.444 e. The zero-order chi connectivity index (χ0) is 20.4. The Kier molecular flexibility index (Phi) is 5.14. The van der Waals surface area contributed by atoms with E-state index in [1.165, 1.54) is 0 Å². The first kappa shape index (κ1) is 18.9. The molecule has 1 aliphatic carbocycles. The minimum absolute atomic E-state index is 0.375. The van der Waals surface area contributed by atoms with Crippen molar-refractivity contribution >= 4 is 28.5 Å². The number of ether oxygens (including phenoxy) is 1. The molecule has 0 aliphatic heterocycles. The number of fused-ring (bicyclic) bond motifs is 2. The van der Waals surface area contributed by atoms with E-state index in [1.54, 1.807) is 6.92 Å². The molecular weight excluding hydrogens is 360 g/mol. The van der Waals surface area contributed by atoms with Crippen molar-refractivity contribution in [3.8, 4) is 6.07 Å². The van der Waals surface area contributed by atoms with Crippen molar-refractivity contribution in [2.45, 2.75) is 32.8 Å². The maximum absolute atomic E-state index is 13.1. The average molecular weight is 382 g/mol. The molecular formula is C25H22N2O2. The first-order valence-electron chi connectivity index (χ1n) is 9.85. The number of hydrogen-bond donors (Lipinski definition) is 0. The van der Waals surface area contributed by atoms with E-state index in [0.29, 0.717) is 11.5 Å². The highest BCUT2D eigenvalue weighted by Crippen LogP contribution is 2.38. The van der Waals surface area contributed by atoms with Crippen LogP contribution < -0.4 is 0 Å². The molecule has 4 heteroatoms. The number of carbonyl (C=O) groups excluding carboxylic acids is 1. The number of hydrogen-bond acceptors (Lipinski definition) is 4. The maximum Gasteiger partial charge on any atom is 0.340 e. The SMILES string of the molecule is C[C@H]1C/C(=C/c2ccccc2)c2nc3ccccc3c(C(=O)O[C@@H](C)C#N)c2C1. The molecule has 0 N–H and O–H groups in total. The minimum atomic E-state index is -0.801. The number of para-hydroxylation sites is 1. The number of aromatic nitrogens is 1. The van der Waals surface area contributed by atoms with Crippen LogP contribution in [0.4, 0.5) is 0 Å². The summed E-state index contributed by atoms with van der Waals surface area (Å²) < 4.78 is 5.40. The number of nitrogens with zero attached hydrogens (tertiary/aromatic N) is 2. The fraction of sp³-hybridized carbons (Fsp3) is 0.240. The van der Waals surface area contributed by atoms with Gasteiger partial charge in [-0.15, -0.1) is 0 Å². The van der Waals surface area contributed by atoms with Gasteiger partial charge in [0.25, 0.3) is 0 Å². The number of rotatable bonds is 3. The van der Waals surface area contributed by atoms with Crippen LogP contribution in [0.3, 0.4) is 0 Å². The molecule has 3 aromatic rings. The Labute approximate surface area is 170 Å². The third kappa shape index (κ3) is 3.77. The maximum atomic E-state index is 13.1. The van der Waals surface area contributed by atoms with E-state index >= 15 is 0 Å². The van der Waals surface area contributed by atoms with Crippen molar-refractivity contribution in [2.24, 2.45) is 5.92 Å². The summed E-state index contributed by atoms with van der Waals surface area (Å²) >= 11 is 0. The number of allylic oxidation sites excluding steroid dienone is 1. The van der Waals surface area contributed by atoms with Crippen LogP contribution in [0.5, 0.6) is 0 Å². The molecule has 0 saturated carbocycles. The summed E-state index contributed by atoms with van der Waals surface area (Å²) in [6, 6.07) is 19.8. The first-order chi connectivity index (χ1) is 14.1. The minimum Gasteiger partial charge on any atom is -0.444 e. The summed E-state index contributed by atoms with van der Waals surface area (Å²) in [6.45, 7) is 3.76. The van der Waals surface area contributed by atoms with Crippen LogP contribution in [-0.4, -0.2) is 17.1 Å². The fourth-order valence-corrected chi connectivity index (χ4v) is 3.97. The van der Waals surface area contributed by atoms with Gasteiger partial charge in [0.05, 0.1) is 16.8 Å². The molecule has 0 radical (unpaired) electrons. The van der Waals surface area contributed by atoms with Crippen LogP contribution in [0, 0.1) is 17.2 Å². The molecule has 0 saturated heterocycles. The summed E-state index contributed by atoms with van der Waals surface area (Å²) in [5.41, 5.74) is 5.31. The first-order valence-corrected chi connectivity index (χ1v) is 9.85. The van der Waals surface area contributed by atoms with E-state index in [4.69, 9.17) is 15.0 Å². The van der Waals surface area contributed by atoms with Crippen LogP contribution in [0.1, 0.15) is 47.4 Å². The van der Waals surface area contributed by atoms with Gasteiger partial charge in [-0.25, -0.2) is 9.78 Å². The van der Waals surface area contributed by atoms with Gasteiger partial charge in [0, 0.05) is 5.39 Å². The van der Waals surface area contributed by atoms with E-state index in [-0.39, 0.29) is 0 Å². The van der Waals surface area contributed by atoms with Gasteiger partial charge in [-0.2, -0.15) is 5.26 Å². The summed E-state index contributed by atoms with van der Waals surface area (Å²) in [6.07, 6.45) is 3.01. The molecule has 0 unspecified atom stereocenters. The van der Waals surface area contributed by atoms with Crippen molar-refractivity contribution in [2.75, 3.05) is 0 Å². The Bertz CT molecular complexity index is 1140. The van der Waals surface area contributed by atoms with E-state index < -0.39 is 12.1 Å². The highest BCUT2D eigenvalue weighted by molar-refractivity contribution is 6.06. The summed E-state index contributed by atoms with van der Waals surface area (Å²) in [5, 5.41) is 9.85. The molecule has 4 rings (SSSR count). The van der Waals surface area contributed by atoms with Crippen molar-refractivity contribution in [3.63, 3.8) is 0 Å². The van der Waals surface area contributed by atoms with Crippen molar-refractivity contribution in [1.29, 1.82) is 5.26 Å². The van der Waals surface area contributed by atoms with E-state index in [9.17, 15) is 4.79 Å². The van der Waals surface area contributed by atoms with Gasteiger partial charge in [-0.3, -0.25) is 0 Å². The number of nitriles is 1. The molecule has 29 heavy (non-hydrogen) atoms. The number of esters is 1. The Morgan fingerprint density at radius 1 is 1.17 bits per heavy atom. The van der Waals surface area contributed by atoms with Gasteiger partial charge in [-0.05, 0) is 54.5 Å². The van der Waals surface area contributed by atoms with E-state index in [0.717, 1.165) is 46.1 Å². The van der Waals surface area contributed by atoms with Crippen LogP contribution in [0.2, 0.25) is 0 Å².